The van der Waals surface area contributed by atoms with Crippen LogP contribution < -0.4 is 5.32 Å². The first kappa shape index (κ1) is 16.8. The minimum atomic E-state index is 0.188. The molecule has 0 aromatic carbocycles. The van der Waals surface area contributed by atoms with Gasteiger partial charge in [-0.05, 0) is 67.6 Å². The van der Waals surface area contributed by atoms with Crippen molar-refractivity contribution in [3.63, 3.8) is 0 Å². The van der Waals surface area contributed by atoms with E-state index in [-0.39, 0.29) is 5.91 Å². The summed E-state index contributed by atoms with van der Waals surface area (Å²) in [5, 5.41) is 3.29. The molecule has 4 atom stereocenters. The standard InChI is InChI=1S/C21H29N3O/c1-15(20-12-16-4-5-18(20)11-16)23-21(25)14-24-9-6-17(7-10-24)19-3-2-8-22-13-19/h2-3,6,8,13,15-16,18,20H,4-5,7,9-12,14H2,1H3,(H,23,25)/t15-,16+,18+,20+/m1/s1. The maximum atomic E-state index is 12.5. The summed E-state index contributed by atoms with van der Waals surface area (Å²) in [4.78, 5) is 18.9. The third-order valence-corrected chi connectivity index (χ3v) is 6.52. The van der Waals surface area contributed by atoms with Gasteiger partial charge in [0.25, 0.3) is 0 Å². The van der Waals surface area contributed by atoms with Crippen molar-refractivity contribution in [1.29, 1.82) is 0 Å². The van der Waals surface area contributed by atoms with Gasteiger partial charge >= 0.3 is 0 Å². The van der Waals surface area contributed by atoms with Crippen LogP contribution in [-0.4, -0.2) is 41.5 Å². The first-order chi connectivity index (χ1) is 12.2. The van der Waals surface area contributed by atoms with Gasteiger partial charge in [-0.3, -0.25) is 14.7 Å². The summed E-state index contributed by atoms with van der Waals surface area (Å²) in [5.41, 5.74) is 2.55. The van der Waals surface area contributed by atoms with Crippen molar-refractivity contribution in [2.24, 2.45) is 17.8 Å². The van der Waals surface area contributed by atoms with Gasteiger partial charge in [-0.25, -0.2) is 0 Å². The molecule has 1 amide bonds. The van der Waals surface area contributed by atoms with Crippen LogP contribution in [0.1, 0.15) is 44.6 Å². The molecule has 25 heavy (non-hydrogen) atoms. The van der Waals surface area contributed by atoms with Crippen molar-refractivity contribution in [1.82, 2.24) is 15.2 Å². The lowest BCUT2D eigenvalue weighted by atomic mass is 9.84. The molecule has 4 rings (SSSR count). The van der Waals surface area contributed by atoms with Crippen LogP contribution in [0.2, 0.25) is 0 Å². The van der Waals surface area contributed by atoms with Gasteiger partial charge in [0, 0.05) is 31.5 Å². The molecule has 3 aliphatic rings. The molecule has 2 bridgehead atoms. The van der Waals surface area contributed by atoms with Crippen LogP contribution in [0.15, 0.2) is 30.6 Å². The fourth-order valence-corrected chi connectivity index (χ4v) is 5.19. The summed E-state index contributed by atoms with van der Waals surface area (Å²) < 4.78 is 0. The number of hydrogen-bond acceptors (Lipinski definition) is 3. The van der Waals surface area contributed by atoms with E-state index in [1.165, 1.54) is 36.8 Å². The van der Waals surface area contributed by atoms with E-state index >= 15 is 0 Å². The van der Waals surface area contributed by atoms with Crippen molar-refractivity contribution in [2.45, 2.75) is 45.1 Å². The Balaban J connectivity index is 1.25. The van der Waals surface area contributed by atoms with Crippen LogP contribution in [0.3, 0.4) is 0 Å². The van der Waals surface area contributed by atoms with E-state index in [9.17, 15) is 4.79 Å². The highest BCUT2D eigenvalue weighted by atomic mass is 16.2. The number of nitrogens with one attached hydrogen (secondary N) is 1. The number of pyridine rings is 1. The highest BCUT2D eigenvalue weighted by Gasteiger charge is 2.42. The topological polar surface area (TPSA) is 45.2 Å². The lowest BCUT2D eigenvalue weighted by Crippen LogP contribution is -2.45. The molecule has 4 nitrogen and oxygen atoms in total. The van der Waals surface area contributed by atoms with Crippen molar-refractivity contribution < 1.29 is 4.79 Å². The fourth-order valence-electron chi connectivity index (χ4n) is 5.19. The molecule has 0 unspecified atom stereocenters. The second kappa shape index (κ2) is 7.28. The van der Waals surface area contributed by atoms with Gasteiger partial charge < -0.3 is 5.32 Å². The molecule has 0 radical (unpaired) electrons. The highest BCUT2D eigenvalue weighted by Crippen LogP contribution is 2.49. The van der Waals surface area contributed by atoms with Gasteiger partial charge in [-0.2, -0.15) is 0 Å². The Labute approximate surface area is 150 Å². The van der Waals surface area contributed by atoms with Crippen LogP contribution in [-0.2, 0) is 4.79 Å². The summed E-state index contributed by atoms with van der Waals surface area (Å²) in [6.07, 6.45) is 12.5. The minimum Gasteiger partial charge on any atom is -0.352 e. The van der Waals surface area contributed by atoms with Gasteiger partial charge in [0.1, 0.15) is 0 Å². The first-order valence-corrected chi connectivity index (χ1v) is 9.80. The number of carbonyl (C=O) groups is 1. The molecule has 0 saturated heterocycles. The van der Waals surface area contributed by atoms with Crippen LogP contribution in [0.5, 0.6) is 0 Å². The molecule has 1 aromatic heterocycles. The molecular formula is C21H29N3O. The number of carbonyl (C=O) groups excluding carboxylic acids is 1. The average molecular weight is 339 g/mol. The molecule has 2 heterocycles. The Kier molecular flexibility index (Phi) is 4.89. The number of hydrogen-bond donors (Lipinski definition) is 1. The molecular weight excluding hydrogens is 310 g/mol. The molecule has 2 saturated carbocycles. The number of nitrogens with zero attached hydrogens (tertiary/aromatic N) is 2. The van der Waals surface area contributed by atoms with Crippen molar-refractivity contribution in [3.05, 3.63) is 36.2 Å². The Morgan fingerprint density at radius 3 is 2.96 bits per heavy atom. The average Bonchev–Trinajstić information content (AvgIpc) is 3.26. The zero-order chi connectivity index (χ0) is 17.2. The maximum absolute atomic E-state index is 12.5. The maximum Gasteiger partial charge on any atom is 0.234 e. The molecule has 1 aliphatic heterocycles. The molecule has 1 N–H and O–H groups in total. The van der Waals surface area contributed by atoms with Gasteiger partial charge in [0.2, 0.25) is 5.91 Å². The van der Waals surface area contributed by atoms with Gasteiger partial charge in [-0.15, -0.1) is 0 Å². The van der Waals surface area contributed by atoms with Crippen LogP contribution >= 0.6 is 0 Å². The lowest BCUT2D eigenvalue weighted by Gasteiger charge is -2.30. The van der Waals surface area contributed by atoms with Crippen molar-refractivity contribution >= 4 is 11.5 Å². The van der Waals surface area contributed by atoms with Gasteiger partial charge in [0.05, 0.1) is 6.54 Å². The summed E-state index contributed by atoms with van der Waals surface area (Å²) in [7, 11) is 0. The second-order valence-corrected chi connectivity index (χ2v) is 8.15. The third kappa shape index (κ3) is 3.79. The Bertz CT molecular complexity index is 642. The second-order valence-electron chi connectivity index (χ2n) is 8.15. The van der Waals surface area contributed by atoms with Crippen molar-refractivity contribution in [3.8, 4) is 0 Å². The van der Waals surface area contributed by atoms with E-state index in [1.54, 1.807) is 6.20 Å². The molecule has 0 spiro atoms. The number of rotatable bonds is 5. The van der Waals surface area contributed by atoms with E-state index in [4.69, 9.17) is 0 Å². The molecule has 2 fully saturated rings. The SMILES string of the molecule is C[C@@H](NC(=O)CN1CC=C(c2cccnc2)CC1)[C@@H]1C[C@H]2CC[C@H]1C2. The van der Waals surface area contributed by atoms with E-state index in [2.05, 4.69) is 34.3 Å². The van der Waals surface area contributed by atoms with Crippen LogP contribution in [0, 0.1) is 17.8 Å². The quantitative estimate of drug-likeness (QED) is 0.896. The van der Waals surface area contributed by atoms with Gasteiger partial charge in [0.15, 0.2) is 0 Å². The van der Waals surface area contributed by atoms with Crippen LogP contribution in [0.4, 0.5) is 0 Å². The first-order valence-electron chi connectivity index (χ1n) is 9.80. The predicted molar refractivity (Wildman–Crippen MR) is 99.8 cm³/mol. The van der Waals surface area contributed by atoms with E-state index in [0.29, 0.717) is 18.5 Å². The third-order valence-electron chi connectivity index (χ3n) is 6.52. The number of fused-ring (bicyclic) bond motifs is 2. The summed E-state index contributed by atoms with van der Waals surface area (Å²) >= 11 is 0. The largest absolute Gasteiger partial charge is 0.352 e. The summed E-state index contributed by atoms with van der Waals surface area (Å²) in [6.45, 7) is 4.51. The molecule has 4 heteroatoms. The fraction of sp³-hybridized carbons (Fsp3) is 0.619. The molecule has 134 valence electrons. The Morgan fingerprint density at radius 2 is 2.32 bits per heavy atom. The summed E-state index contributed by atoms with van der Waals surface area (Å²) in [6, 6.07) is 4.42. The number of amides is 1. The summed E-state index contributed by atoms with van der Waals surface area (Å²) in [5.74, 6) is 2.70. The van der Waals surface area contributed by atoms with E-state index in [0.717, 1.165) is 31.3 Å². The van der Waals surface area contributed by atoms with Gasteiger partial charge in [-0.1, -0.05) is 18.6 Å². The zero-order valence-corrected chi connectivity index (χ0v) is 15.2. The zero-order valence-electron chi connectivity index (χ0n) is 15.2. The van der Waals surface area contributed by atoms with E-state index in [1.807, 2.05) is 12.3 Å². The number of aromatic nitrogens is 1. The Hall–Kier alpha value is -1.68. The molecule has 1 aromatic rings. The monoisotopic (exact) mass is 339 g/mol. The normalized spacial score (nSPS) is 30.1. The van der Waals surface area contributed by atoms with E-state index < -0.39 is 0 Å². The van der Waals surface area contributed by atoms with Crippen LogP contribution in [0.25, 0.3) is 5.57 Å². The van der Waals surface area contributed by atoms with Crippen molar-refractivity contribution in [2.75, 3.05) is 19.6 Å². The highest BCUT2D eigenvalue weighted by molar-refractivity contribution is 5.78. The Morgan fingerprint density at radius 1 is 1.40 bits per heavy atom. The molecule has 2 aliphatic carbocycles. The minimum absolute atomic E-state index is 0.188. The smallest absolute Gasteiger partial charge is 0.234 e. The predicted octanol–water partition coefficient (Wildman–Crippen LogP) is 3.11. The lowest BCUT2D eigenvalue weighted by molar-refractivity contribution is -0.123.